The second-order valence-electron chi connectivity index (χ2n) is 4.14. The Morgan fingerprint density at radius 3 is 2.50 bits per heavy atom. The van der Waals surface area contributed by atoms with Crippen LogP contribution in [0.25, 0.3) is 0 Å². The Morgan fingerprint density at radius 1 is 1.20 bits per heavy atom. The fourth-order valence-corrected chi connectivity index (χ4v) is 2.89. The van der Waals surface area contributed by atoms with Crippen LogP contribution < -0.4 is 17.0 Å². The smallest absolute Gasteiger partial charge is 0.251 e. The highest BCUT2D eigenvalue weighted by atomic mass is 32.2. The molecule has 0 bridgehead atoms. The normalized spacial score (nSPS) is 11.9. The van der Waals surface area contributed by atoms with Gasteiger partial charge in [0, 0.05) is 10.6 Å². The number of halogens is 1. The molecule has 0 aliphatic heterocycles. The molecule has 0 fully saturated rings. The maximum absolute atomic E-state index is 13.3. The van der Waals surface area contributed by atoms with Crippen molar-refractivity contribution in [2.24, 2.45) is 5.84 Å². The van der Waals surface area contributed by atoms with Crippen molar-refractivity contribution in [3.8, 4) is 0 Å². The Balaban J connectivity index is 2.31. The van der Waals surface area contributed by atoms with E-state index in [9.17, 15) is 9.18 Å². The van der Waals surface area contributed by atoms with Gasteiger partial charge in [-0.15, -0.1) is 11.8 Å². The lowest BCUT2D eigenvalue weighted by Gasteiger charge is -2.15. The van der Waals surface area contributed by atoms with Crippen molar-refractivity contribution in [1.82, 2.24) is 5.43 Å². The van der Waals surface area contributed by atoms with Gasteiger partial charge in [-0.25, -0.2) is 10.2 Å². The third-order valence-corrected chi connectivity index (χ3v) is 3.86. The largest absolute Gasteiger partial charge is 0.399 e. The summed E-state index contributed by atoms with van der Waals surface area (Å²) in [6.45, 7) is 0. The van der Waals surface area contributed by atoms with Crippen LogP contribution in [0.4, 0.5) is 10.1 Å². The zero-order valence-electron chi connectivity index (χ0n) is 10.5. The second-order valence-corrected chi connectivity index (χ2v) is 5.32. The van der Waals surface area contributed by atoms with E-state index in [1.165, 1.54) is 23.9 Å². The van der Waals surface area contributed by atoms with Gasteiger partial charge in [-0.2, -0.15) is 0 Å². The number of nitrogens with one attached hydrogen (secondary N) is 1. The Labute approximate surface area is 120 Å². The number of rotatable bonds is 4. The standard InChI is InChI=1S/C14H14FN3OS/c15-10-6-11(16)8-12(7-10)20-13(14(19)18-17)9-4-2-1-3-5-9/h1-8,13H,16-17H2,(H,18,19). The van der Waals surface area contributed by atoms with Crippen molar-refractivity contribution in [1.29, 1.82) is 0 Å². The average Bonchev–Trinajstić information content (AvgIpc) is 2.44. The van der Waals surface area contributed by atoms with E-state index in [0.717, 1.165) is 5.56 Å². The molecule has 0 aromatic heterocycles. The minimum atomic E-state index is -0.567. The summed E-state index contributed by atoms with van der Waals surface area (Å²) >= 11 is 1.19. The molecule has 6 heteroatoms. The van der Waals surface area contributed by atoms with Crippen molar-refractivity contribution in [3.05, 3.63) is 59.9 Å². The molecule has 1 unspecified atom stereocenters. The van der Waals surface area contributed by atoms with Crippen LogP contribution in [-0.4, -0.2) is 5.91 Å². The molecule has 0 spiro atoms. The van der Waals surface area contributed by atoms with Crippen LogP contribution in [0.2, 0.25) is 0 Å². The lowest BCUT2D eigenvalue weighted by Crippen LogP contribution is -2.33. The highest BCUT2D eigenvalue weighted by molar-refractivity contribution is 8.00. The monoisotopic (exact) mass is 291 g/mol. The fourth-order valence-electron chi connectivity index (χ4n) is 1.76. The quantitative estimate of drug-likeness (QED) is 0.265. The maximum Gasteiger partial charge on any atom is 0.251 e. The molecule has 0 aliphatic rings. The molecule has 5 N–H and O–H groups in total. The first kappa shape index (κ1) is 14.4. The van der Waals surface area contributed by atoms with E-state index in [0.29, 0.717) is 10.6 Å². The van der Waals surface area contributed by atoms with Gasteiger partial charge in [-0.05, 0) is 23.8 Å². The predicted octanol–water partition coefficient (Wildman–Crippen LogP) is 2.23. The van der Waals surface area contributed by atoms with Crippen molar-refractivity contribution in [2.75, 3.05) is 5.73 Å². The van der Waals surface area contributed by atoms with Gasteiger partial charge >= 0.3 is 0 Å². The Bertz CT molecular complexity index is 586. The van der Waals surface area contributed by atoms with Crippen molar-refractivity contribution < 1.29 is 9.18 Å². The van der Waals surface area contributed by atoms with E-state index in [1.54, 1.807) is 6.07 Å². The number of thioether (sulfide) groups is 1. The third kappa shape index (κ3) is 3.49. The van der Waals surface area contributed by atoms with Crippen LogP contribution in [-0.2, 0) is 4.79 Å². The summed E-state index contributed by atoms with van der Waals surface area (Å²) in [5.74, 6) is 4.42. The summed E-state index contributed by atoms with van der Waals surface area (Å²) in [6, 6.07) is 13.3. The molecule has 0 saturated carbocycles. The zero-order valence-corrected chi connectivity index (χ0v) is 11.4. The van der Waals surface area contributed by atoms with Crippen molar-refractivity contribution in [3.63, 3.8) is 0 Å². The Hall–Kier alpha value is -2.05. The summed E-state index contributed by atoms with van der Waals surface area (Å²) in [4.78, 5) is 12.5. The van der Waals surface area contributed by atoms with Crippen LogP contribution >= 0.6 is 11.8 Å². The number of nitrogen functional groups attached to an aromatic ring is 1. The molecule has 20 heavy (non-hydrogen) atoms. The number of hydrogen-bond acceptors (Lipinski definition) is 4. The number of anilines is 1. The average molecular weight is 291 g/mol. The van der Waals surface area contributed by atoms with E-state index < -0.39 is 11.1 Å². The predicted molar refractivity (Wildman–Crippen MR) is 78.2 cm³/mol. The lowest BCUT2D eigenvalue weighted by atomic mass is 10.1. The molecular formula is C14H14FN3OS. The van der Waals surface area contributed by atoms with Crippen LogP contribution in [0.15, 0.2) is 53.4 Å². The van der Waals surface area contributed by atoms with E-state index in [2.05, 4.69) is 5.43 Å². The van der Waals surface area contributed by atoms with E-state index in [4.69, 9.17) is 11.6 Å². The number of hydrogen-bond donors (Lipinski definition) is 3. The van der Waals surface area contributed by atoms with Gasteiger partial charge in [0.2, 0.25) is 0 Å². The first-order valence-electron chi connectivity index (χ1n) is 5.88. The van der Waals surface area contributed by atoms with Gasteiger partial charge in [0.1, 0.15) is 11.1 Å². The zero-order chi connectivity index (χ0) is 14.5. The molecule has 1 atom stereocenters. The Kier molecular flexibility index (Phi) is 4.60. The van der Waals surface area contributed by atoms with Crippen LogP contribution in [0.5, 0.6) is 0 Å². The molecule has 2 rings (SSSR count). The highest BCUT2D eigenvalue weighted by Gasteiger charge is 2.21. The lowest BCUT2D eigenvalue weighted by molar-refractivity contribution is -0.120. The maximum atomic E-state index is 13.3. The summed E-state index contributed by atoms with van der Waals surface area (Å²) < 4.78 is 13.3. The number of nitrogens with two attached hydrogens (primary N) is 2. The Morgan fingerprint density at radius 2 is 1.90 bits per heavy atom. The minimum Gasteiger partial charge on any atom is -0.399 e. The minimum absolute atomic E-state index is 0.312. The molecule has 1 amide bonds. The number of carbonyl (C=O) groups is 1. The topological polar surface area (TPSA) is 81.1 Å². The van der Waals surface area contributed by atoms with Crippen LogP contribution in [0.1, 0.15) is 10.8 Å². The number of benzene rings is 2. The van der Waals surface area contributed by atoms with Gasteiger partial charge in [-0.3, -0.25) is 10.2 Å². The molecule has 0 heterocycles. The van der Waals surface area contributed by atoms with Gasteiger partial charge in [0.25, 0.3) is 5.91 Å². The number of amides is 1. The first-order valence-corrected chi connectivity index (χ1v) is 6.76. The SMILES string of the molecule is NNC(=O)C(Sc1cc(N)cc(F)c1)c1ccccc1. The van der Waals surface area contributed by atoms with Gasteiger partial charge in [-0.1, -0.05) is 30.3 Å². The van der Waals surface area contributed by atoms with Gasteiger partial charge in [0.15, 0.2) is 0 Å². The van der Waals surface area contributed by atoms with E-state index in [1.807, 2.05) is 30.3 Å². The van der Waals surface area contributed by atoms with E-state index >= 15 is 0 Å². The van der Waals surface area contributed by atoms with Crippen molar-refractivity contribution >= 4 is 23.4 Å². The molecule has 2 aromatic rings. The highest BCUT2D eigenvalue weighted by Crippen LogP contribution is 2.36. The van der Waals surface area contributed by atoms with Crippen molar-refractivity contribution in [2.45, 2.75) is 10.1 Å². The molecule has 104 valence electrons. The first-order chi connectivity index (χ1) is 9.60. The molecule has 0 saturated heterocycles. The van der Waals surface area contributed by atoms with Crippen LogP contribution in [0.3, 0.4) is 0 Å². The summed E-state index contributed by atoms with van der Waals surface area (Å²) in [7, 11) is 0. The van der Waals surface area contributed by atoms with Gasteiger partial charge < -0.3 is 5.73 Å². The van der Waals surface area contributed by atoms with E-state index in [-0.39, 0.29) is 5.91 Å². The summed E-state index contributed by atoms with van der Waals surface area (Å²) in [6.07, 6.45) is 0. The van der Waals surface area contributed by atoms with Crippen LogP contribution in [0, 0.1) is 5.82 Å². The van der Waals surface area contributed by atoms with Gasteiger partial charge in [0.05, 0.1) is 0 Å². The second kappa shape index (κ2) is 6.40. The molecule has 4 nitrogen and oxygen atoms in total. The summed E-state index contributed by atoms with van der Waals surface area (Å²) in [5, 5.41) is -0.567. The fraction of sp³-hybridized carbons (Fsp3) is 0.0714. The number of hydrazine groups is 1. The molecular weight excluding hydrogens is 277 g/mol. The molecule has 0 radical (unpaired) electrons. The molecule has 0 aliphatic carbocycles. The summed E-state index contributed by atoms with van der Waals surface area (Å²) in [5.41, 5.74) is 8.83. The molecule has 2 aromatic carbocycles. The number of carbonyl (C=O) groups excluding carboxylic acids is 1. The third-order valence-electron chi connectivity index (χ3n) is 2.63.